The third kappa shape index (κ3) is 4.65. The first-order valence-corrected chi connectivity index (χ1v) is 8.68. The van der Waals surface area contributed by atoms with Crippen molar-refractivity contribution in [2.24, 2.45) is 0 Å². The van der Waals surface area contributed by atoms with Gasteiger partial charge in [0.05, 0.1) is 0 Å². The Labute approximate surface area is 113 Å². The first-order valence-electron chi connectivity index (χ1n) is 6.76. The SMILES string of the molecule is CCNC(CSC1CCCC1)Cc1cccs1. The van der Waals surface area contributed by atoms with Gasteiger partial charge in [0, 0.05) is 21.9 Å². The molecule has 0 aromatic carbocycles. The Balaban J connectivity index is 1.75. The molecule has 1 aliphatic rings. The summed E-state index contributed by atoms with van der Waals surface area (Å²) in [5.41, 5.74) is 0. The van der Waals surface area contributed by atoms with Crippen molar-refractivity contribution in [2.75, 3.05) is 12.3 Å². The predicted octanol–water partition coefficient (Wildman–Crippen LogP) is 3.94. The van der Waals surface area contributed by atoms with Crippen LogP contribution in [0.25, 0.3) is 0 Å². The molecule has 96 valence electrons. The van der Waals surface area contributed by atoms with Crippen molar-refractivity contribution in [3.63, 3.8) is 0 Å². The molecule has 1 fully saturated rings. The van der Waals surface area contributed by atoms with E-state index in [1.807, 2.05) is 11.3 Å². The molecule has 1 aliphatic carbocycles. The minimum absolute atomic E-state index is 0.657. The summed E-state index contributed by atoms with van der Waals surface area (Å²) >= 11 is 4.08. The standard InChI is InChI=1S/C14H23NS2/c1-2-15-12(10-14-8-5-9-16-14)11-17-13-6-3-4-7-13/h5,8-9,12-13,15H,2-4,6-7,10-11H2,1H3. The van der Waals surface area contributed by atoms with E-state index >= 15 is 0 Å². The second kappa shape index (κ2) is 7.45. The maximum atomic E-state index is 3.63. The molecule has 1 heterocycles. The van der Waals surface area contributed by atoms with Crippen LogP contribution in [0.2, 0.25) is 0 Å². The molecule has 0 aliphatic heterocycles. The molecule has 0 radical (unpaired) electrons. The molecular weight excluding hydrogens is 246 g/mol. The monoisotopic (exact) mass is 269 g/mol. The summed E-state index contributed by atoms with van der Waals surface area (Å²) in [4.78, 5) is 1.52. The van der Waals surface area contributed by atoms with Crippen LogP contribution < -0.4 is 5.32 Å². The van der Waals surface area contributed by atoms with Crippen molar-refractivity contribution in [3.05, 3.63) is 22.4 Å². The minimum Gasteiger partial charge on any atom is -0.313 e. The van der Waals surface area contributed by atoms with Crippen LogP contribution in [0.5, 0.6) is 0 Å². The van der Waals surface area contributed by atoms with Crippen LogP contribution in [-0.2, 0) is 6.42 Å². The molecule has 0 saturated heterocycles. The highest BCUT2D eigenvalue weighted by Crippen LogP contribution is 2.30. The molecule has 1 unspecified atom stereocenters. The molecular formula is C14H23NS2. The van der Waals surface area contributed by atoms with Gasteiger partial charge in [0.2, 0.25) is 0 Å². The summed E-state index contributed by atoms with van der Waals surface area (Å²) in [5, 5.41) is 6.76. The molecule has 1 aromatic rings. The van der Waals surface area contributed by atoms with Crippen LogP contribution in [0, 0.1) is 0 Å². The molecule has 1 aromatic heterocycles. The van der Waals surface area contributed by atoms with Crippen LogP contribution in [0.4, 0.5) is 0 Å². The van der Waals surface area contributed by atoms with E-state index in [2.05, 4.69) is 41.5 Å². The Bertz CT molecular complexity index is 291. The molecule has 3 heteroatoms. The van der Waals surface area contributed by atoms with Crippen molar-refractivity contribution in [1.29, 1.82) is 0 Å². The van der Waals surface area contributed by atoms with Gasteiger partial charge in [0.15, 0.2) is 0 Å². The zero-order valence-corrected chi connectivity index (χ0v) is 12.3. The highest BCUT2D eigenvalue weighted by atomic mass is 32.2. The highest BCUT2D eigenvalue weighted by Gasteiger charge is 2.17. The fourth-order valence-corrected chi connectivity index (χ4v) is 4.65. The smallest absolute Gasteiger partial charge is 0.0206 e. The first kappa shape index (κ1) is 13.4. The van der Waals surface area contributed by atoms with E-state index < -0.39 is 0 Å². The normalized spacial score (nSPS) is 18.6. The van der Waals surface area contributed by atoms with E-state index in [0.717, 1.165) is 11.8 Å². The molecule has 1 N–H and O–H groups in total. The Morgan fingerprint density at radius 1 is 1.47 bits per heavy atom. The van der Waals surface area contributed by atoms with Crippen molar-refractivity contribution in [1.82, 2.24) is 5.32 Å². The van der Waals surface area contributed by atoms with Gasteiger partial charge in [0.25, 0.3) is 0 Å². The predicted molar refractivity (Wildman–Crippen MR) is 80.2 cm³/mol. The van der Waals surface area contributed by atoms with Crippen molar-refractivity contribution in [3.8, 4) is 0 Å². The van der Waals surface area contributed by atoms with Gasteiger partial charge in [-0.1, -0.05) is 25.8 Å². The summed E-state index contributed by atoms with van der Waals surface area (Å²) < 4.78 is 0. The van der Waals surface area contributed by atoms with E-state index in [1.165, 1.54) is 42.7 Å². The number of thioether (sulfide) groups is 1. The number of nitrogens with one attached hydrogen (secondary N) is 1. The van der Waals surface area contributed by atoms with Crippen LogP contribution >= 0.6 is 23.1 Å². The van der Waals surface area contributed by atoms with E-state index in [9.17, 15) is 0 Å². The number of hydrogen-bond donors (Lipinski definition) is 1. The second-order valence-corrected chi connectivity index (χ2v) is 7.14. The first-order chi connectivity index (χ1) is 8.38. The van der Waals surface area contributed by atoms with E-state index in [4.69, 9.17) is 0 Å². The highest BCUT2D eigenvalue weighted by molar-refractivity contribution is 7.99. The molecule has 1 saturated carbocycles. The van der Waals surface area contributed by atoms with Gasteiger partial charge in [-0.05, 0) is 37.3 Å². The Hall–Kier alpha value is 0.01000. The summed E-state index contributed by atoms with van der Waals surface area (Å²) in [5.74, 6) is 1.27. The number of thiophene rings is 1. The Morgan fingerprint density at radius 2 is 2.29 bits per heavy atom. The maximum Gasteiger partial charge on any atom is 0.0206 e. The lowest BCUT2D eigenvalue weighted by Crippen LogP contribution is -2.33. The van der Waals surface area contributed by atoms with Gasteiger partial charge < -0.3 is 5.32 Å². The largest absolute Gasteiger partial charge is 0.313 e. The lowest BCUT2D eigenvalue weighted by molar-refractivity contribution is 0.575. The minimum atomic E-state index is 0.657. The molecule has 17 heavy (non-hydrogen) atoms. The van der Waals surface area contributed by atoms with E-state index in [-0.39, 0.29) is 0 Å². The van der Waals surface area contributed by atoms with Gasteiger partial charge >= 0.3 is 0 Å². The van der Waals surface area contributed by atoms with Gasteiger partial charge in [-0.25, -0.2) is 0 Å². The zero-order valence-electron chi connectivity index (χ0n) is 10.7. The number of hydrogen-bond acceptors (Lipinski definition) is 3. The number of rotatable bonds is 7. The van der Waals surface area contributed by atoms with Crippen molar-refractivity contribution >= 4 is 23.1 Å². The van der Waals surface area contributed by atoms with Crippen LogP contribution in [0.1, 0.15) is 37.5 Å². The molecule has 1 atom stereocenters. The molecule has 2 rings (SSSR count). The van der Waals surface area contributed by atoms with Crippen molar-refractivity contribution < 1.29 is 0 Å². The third-order valence-corrected chi connectivity index (χ3v) is 5.79. The molecule has 0 spiro atoms. The maximum absolute atomic E-state index is 3.63. The lowest BCUT2D eigenvalue weighted by atomic mass is 10.2. The van der Waals surface area contributed by atoms with Crippen LogP contribution in [0.15, 0.2) is 17.5 Å². The average Bonchev–Trinajstić information content (AvgIpc) is 2.99. The summed E-state index contributed by atoms with van der Waals surface area (Å²) in [7, 11) is 0. The molecule has 1 nitrogen and oxygen atoms in total. The second-order valence-electron chi connectivity index (χ2n) is 4.78. The third-order valence-electron chi connectivity index (χ3n) is 3.36. The molecule has 0 amide bonds. The topological polar surface area (TPSA) is 12.0 Å². The average molecular weight is 269 g/mol. The molecule has 0 bridgehead atoms. The summed E-state index contributed by atoms with van der Waals surface area (Å²) in [6.45, 7) is 3.29. The Kier molecular flexibility index (Phi) is 5.89. The Morgan fingerprint density at radius 3 is 2.94 bits per heavy atom. The zero-order chi connectivity index (χ0) is 11.9. The van der Waals surface area contributed by atoms with E-state index in [0.29, 0.717) is 6.04 Å². The van der Waals surface area contributed by atoms with Gasteiger partial charge in [-0.15, -0.1) is 11.3 Å². The fourth-order valence-electron chi connectivity index (χ4n) is 2.46. The van der Waals surface area contributed by atoms with Gasteiger partial charge in [0.1, 0.15) is 0 Å². The lowest BCUT2D eigenvalue weighted by Gasteiger charge is -2.19. The van der Waals surface area contributed by atoms with Crippen LogP contribution in [0.3, 0.4) is 0 Å². The van der Waals surface area contributed by atoms with Crippen LogP contribution in [-0.4, -0.2) is 23.6 Å². The number of likely N-dealkylation sites (N-methyl/N-ethyl adjacent to an activating group) is 1. The van der Waals surface area contributed by atoms with Crippen molar-refractivity contribution in [2.45, 2.75) is 50.3 Å². The summed E-state index contributed by atoms with van der Waals surface area (Å²) in [6, 6.07) is 5.08. The quantitative estimate of drug-likeness (QED) is 0.804. The summed E-state index contributed by atoms with van der Waals surface area (Å²) in [6.07, 6.45) is 7.00. The van der Waals surface area contributed by atoms with Gasteiger partial charge in [-0.3, -0.25) is 0 Å². The fraction of sp³-hybridized carbons (Fsp3) is 0.714. The van der Waals surface area contributed by atoms with Gasteiger partial charge in [-0.2, -0.15) is 11.8 Å². The van der Waals surface area contributed by atoms with E-state index in [1.54, 1.807) is 0 Å².